The molecule has 1 aromatic carbocycles. The number of benzene rings is 1. The van der Waals surface area contributed by atoms with Gasteiger partial charge in [0.25, 0.3) is 17.6 Å². The summed E-state index contributed by atoms with van der Waals surface area (Å²) in [6, 6.07) is 8.32. The summed E-state index contributed by atoms with van der Waals surface area (Å²) in [6.07, 6.45) is 1.60. The smallest absolute Gasteiger partial charge is 0.291 e. The molecule has 0 saturated carbocycles. The Morgan fingerprint density at radius 2 is 1.76 bits per heavy atom. The fraction of sp³-hybridized carbons (Fsp3) is 0.188. The zero-order valence-electron chi connectivity index (χ0n) is 13.4. The number of halogens is 1. The van der Waals surface area contributed by atoms with E-state index < -0.39 is 5.91 Å². The first-order valence-corrected chi connectivity index (χ1v) is 7.93. The van der Waals surface area contributed by atoms with Gasteiger partial charge < -0.3 is 10.6 Å². The van der Waals surface area contributed by atoms with Gasteiger partial charge in [-0.1, -0.05) is 11.6 Å². The zero-order chi connectivity index (χ0) is 17.8. The first-order chi connectivity index (χ1) is 12.0. The summed E-state index contributed by atoms with van der Waals surface area (Å²) in [5, 5.41) is 10.0. The highest BCUT2D eigenvalue weighted by Gasteiger charge is 2.14. The number of fused-ring (bicyclic) bond motifs is 1. The Bertz CT molecular complexity index is 922. The maximum absolute atomic E-state index is 12.1. The molecule has 0 spiro atoms. The molecule has 0 bridgehead atoms. The highest BCUT2D eigenvalue weighted by molar-refractivity contribution is 6.30. The molecule has 0 atom stereocenters. The van der Waals surface area contributed by atoms with Crippen molar-refractivity contribution in [3.8, 4) is 0 Å². The maximum Gasteiger partial charge on any atom is 0.291 e. The van der Waals surface area contributed by atoms with Crippen LogP contribution < -0.4 is 10.6 Å². The van der Waals surface area contributed by atoms with Gasteiger partial charge in [0, 0.05) is 35.6 Å². The number of rotatable bonds is 5. The summed E-state index contributed by atoms with van der Waals surface area (Å²) in [6.45, 7) is 2.37. The minimum absolute atomic E-state index is 0.0332. The third-order valence-corrected chi connectivity index (χ3v) is 3.69. The second kappa shape index (κ2) is 7.27. The topological polar surface area (TPSA) is 101 Å². The Balaban J connectivity index is 1.51. The third-order valence-electron chi connectivity index (χ3n) is 3.44. The number of carbonyl (C=O) groups excluding carboxylic acids is 2. The van der Waals surface area contributed by atoms with Crippen molar-refractivity contribution in [2.24, 2.45) is 0 Å². The van der Waals surface area contributed by atoms with Gasteiger partial charge in [-0.2, -0.15) is 4.98 Å². The standard InChI is InChI=1S/C16H15ClN6O2/c1-10-6-7-20-16-21-13(22-23(10)16)15(25)19-9-8-18-14(24)11-2-4-12(17)5-3-11/h2-7H,8-9H2,1H3,(H,18,24)(H,19,25). The van der Waals surface area contributed by atoms with E-state index in [1.165, 1.54) is 4.52 Å². The van der Waals surface area contributed by atoms with Crippen LogP contribution in [0.3, 0.4) is 0 Å². The molecule has 0 saturated heterocycles. The molecule has 0 aliphatic heterocycles. The zero-order valence-corrected chi connectivity index (χ0v) is 14.1. The van der Waals surface area contributed by atoms with Gasteiger partial charge in [-0.05, 0) is 37.3 Å². The lowest BCUT2D eigenvalue weighted by Gasteiger charge is -2.06. The number of nitrogens with zero attached hydrogens (tertiary/aromatic N) is 4. The molecule has 8 nitrogen and oxygen atoms in total. The van der Waals surface area contributed by atoms with Crippen LogP contribution in [0.15, 0.2) is 36.5 Å². The average Bonchev–Trinajstić information content (AvgIpc) is 3.05. The van der Waals surface area contributed by atoms with E-state index in [2.05, 4.69) is 25.7 Å². The highest BCUT2D eigenvalue weighted by Crippen LogP contribution is 2.09. The van der Waals surface area contributed by atoms with Gasteiger partial charge in [-0.25, -0.2) is 9.50 Å². The van der Waals surface area contributed by atoms with E-state index in [-0.39, 0.29) is 24.8 Å². The summed E-state index contributed by atoms with van der Waals surface area (Å²) in [7, 11) is 0. The maximum atomic E-state index is 12.1. The molecule has 9 heteroatoms. The lowest BCUT2D eigenvalue weighted by molar-refractivity contribution is 0.0922. The van der Waals surface area contributed by atoms with Gasteiger partial charge in [-0.3, -0.25) is 9.59 Å². The van der Waals surface area contributed by atoms with Crippen LogP contribution in [-0.4, -0.2) is 44.5 Å². The van der Waals surface area contributed by atoms with Crippen LogP contribution in [0, 0.1) is 6.92 Å². The molecule has 0 aliphatic rings. The van der Waals surface area contributed by atoms with Crippen molar-refractivity contribution in [3.63, 3.8) is 0 Å². The quantitative estimate of drug-likeness (QED) is 0.668. The third kappa shape index (κ3) is 3.92. The van der Waals surface area contributed by atoms with E-state index in [4.69, 9.17) is 11.6 Å². The van der Waals surface area contributed by atoms with Crippen LogP contribution in [0.1, 0.15) is 26.7 Å². The largest absolute Gasteiger partial charge is 0.350 e. The number of hydrogen-bond acceptors (Lipinski definition) is 5. The normalized spacial score (nSPS) is 10.6. The minimum Gasteiger partial charge on any atom is -0.350 e. The molecular formula is C16H15ClN6O2. The fourth-order valence-electron chi connectivity index (χ4n) is 2.14. The van der Waals surface area contributed by atoms with Crippen LogP contribution in [-0.2, 0) is 0 Å². The Hall–Kier alpha value is -3.00. The molecule has 3 rings (SSSR count). The van der Waals surface area contributed by atoms with Crippen molar-refractivity contribution in [3.05, 3.63) is 58.6 Å². The Morgan fingerprint density at radius 1 is 1.08 bits per heavy atom. The van der Waals surface area contributed by atoms with Gasteiger partial charge in [0.1, 0.15) is 0 Å². The number of aryl methyl sites for hydroxylation is 1. The van der Waals surface area contributed by atoms with E-state index in [9.17, 15) is 9.59 Å². The van der Waals surface area contributed by atoms with E-state index >= 15 is 0 Å². The average molecular weight is 359 g/mol. The molecule has 25 heavy (non-hydrogen) atoms. The second-order valence-corrected chi connectivity index (χ2v) is 5.69. The molecular weight excluding hydrogens is 344 g/mol. The lowest BCUT2D eigenvalue weighted by atomic mass is 10.2. The van der Waals surface area contributed by atoms with Crippen LogP contribution in [0.2, 0.25) is 5.02 Å². The Labute approximate surface area is 148 Å². The number of carbonyl (C=O) groups is 2. The van der Waals surface area contributed by atoms with Crippen molar-refractivity contribution < 1.29 is 9.59 Å². The molecule has 0 aliphatic carbocycles. The number of nitrogens with one attached hydrogen (secondary N) is 2. The predicted molar refractivity (Wildman–Crippen MR) is 91.6 cm³/mol. The van der Waals surface area contributed by atoms with Crippen molar-refractivity contribution in [1.29, 1.82) is 0 Å². The van der Waals surface area contributed by atoms with Crippen LogP contribution >= 0.6 is 11.6 Å². The summed E-state index contributed by atoms with van der Waals surface area (Å²) >= 11 is 5.78. The number of hydrogen-bond donors (Lipinski definition) is 2. The molecule has 2 aromatic heterocycles. The molecule has 2 amide bonds. The molecule has 0 unspecified atom stereocenters. The van der Waals surface area contributed by atoms with Gasteiger partial charge in [0.15, 0.2) is 0 Å². The summed E-state index contributed by atoms with van der Waals surface area (Å²) in [5.41, 5.74) is 1.33. The summed E-state index contributed by atoms with van der Waals surface area (Å²) in [4.78, 5) is 32.1. The van der Waals surface area contributed by atoms with Crippen molar-refractivity contribution >= 4 is 29.2 Å². The SMILES string of the molecule is Cc1ccnc2nc(C(=O)NCCNC(=O)c3ccc(Cl)cc3)nn12. The van der Waals surface area contributed by atoms with E-state index in [1.807, 2.05) is 6.92 Å². The molecule has 2 heterocycles. The van der Waals surface area contributed by atoms with E-state index in [0.29, 0.717) is 16.4 Å². The van der Waals surface area contributed by atoms with E-state index in [1.54, 1.807) is 36.5 Å². The minimum atomic E-state index is -0.425. The monoisotopic (exact) mass is 358 g/mol. The molecule has 0 fully saturated rings. The fourth-order valence-corrected chi connectivity index (χ4v) is 2.26. The van der Waals surface area contributed by atoms with Gasteiger partial charge in [-0.15, -0.1) is 5.10 Å². The van der Waals surface area contributed by atoms with E-state index in [0.717, 1.165) is 5.69 Å². The van der Waals surface area contributed by atoms with Crippen molar-refractivity contribution in [2.45, 2.75) is 6.92 Å². The molecule has 128 valence electrons. The Kier molecular flexibility index (Phi) is 4.90. The van der Waals surface area contributed by atoms with Crippen molar-refractivity contribution in [1.82, 2.24) is 30.2 Å². The van der Waals surface area contributed by atoms with Crippen molar-refractivity contribution in [2.75, 3.05) is 13.1 Å². The summed E-state index contributed by atoms with van der Waals surface area (Å²) in [5.74, 6) is -0.269. The van der Waals surface area contributed by atoms with Gasteiger partial charge in [0.2, 0.25) is 5.82 Å². The van der Waals surface area contributed by atoms with Crippen LogP contribution in [0.25, 0.3) is 5.78 Å². The van der Waals surface area contributed by atoms with Crippen LogP contribution in [0.5, 0.6) is 0 Å². The first kappa shape index (κ1) is 16.8. The molecule has 0 radical (unpaired) electrons. The van der Waals surface area contributed by atoms with Gasteiger partial charge >= 0.3 is 0 Å². The highest BCUT2D eigenvalue weighted by atomic mass is 35.5. The number of amides is 2. The predicted octanol–water partition coefficient (Wildman–Crippen LogP) is 1.25. The summed E-state index contributed by atoms with van der Waals surface area (Å²) < 4.78 is 1.50. The lowest BCUT2D eigenvalue weighted by Crippen LogP contribution is -2.35. The Morgan fingerprint density at radius 3 is 2.44 bits per heavy atom. The number of aromatic nitrogens is 4. The molecule has 3 aromatic rings. The van der Waals surface area contributed by atoms with Crippen LogP contribution in [0.4, 0.5) is 0 Å². The van der Waals surface area contributed by atoms with Gasteiger partial charge in [0.05, 0.1) is 0 Å². The molecule has 2 N–H and O–H groups in total. The first-order valence-electron chi connectivity index (χ1n) is 7.55. The second-order valence-electron chi connectivity index (χ2n) is 5.25.